The predicted molar refractivity (Wildman–Crippen MR) is 142 cm³/mol. The Kier molecular flexibility index (Phi) is 9.11. The van der Waals surface area contributed by atoms with Gasteiger partial charge in [0.05, 0.1) is 16.2 Å². The number of benzene rings is 3. The van der Waals surface area contributed by atoms with Crippen molar-refractivity contribution in [2.24, 2.45) is 0 Å². The van der Waals surface area contributed by atoms with Gasteiger partial charge in [0.25, 0.3) is 5.91 Å². The summed E-state index contributed by atoms with van der Waals surface area (Å²) in [6.45, 7) is 6.71. The molecule has 0 unspecified atom stereocenters. The van der Waals surface area contributed by atoms with Crippen LogP contribution >= 0.6 is 22.6 Å². The second-order valence-corrected chi connectivity index (χ2v) is 8.98. The highest BCUT2D eigenvalue weighted by Crippen LogP contribution is 2.35. The number of nitrogens with one attached hydrogen (secondary N) is 1. The van der Waals surface area contributed by atoms with Gasteiger partial charge >= 0.3 is 0 Å². The maximum atomic E-state index is 12.8. The summed E-state index contributed by atoms with van der Waals surface area (Å²) in [7, 11) is 0. The number of carbonyl (C=O) groups is 1. The van der Waals surface area contributed by atoms with Crippen molar-refractivity contribution >= 4 is 34.6 Å². The lowest BCUT2D eigenvalue weighted by atomic mass is 10.1. The largest absolute Gasteiger partial charge is 0.490 e. The van der Waals surface area contributed by atoms with E-state index in [1.54, 1.807) is 12.1 Å². The van der Waals surface area contributed by atoms with Gasteiger partial charge < -0.3 is 14.8 Å². The number of ether oxygens (including phenoxy) is 2. The van der Waals surface area contributed by atoms with Gasteiger partial charge in [0, 0.05) is 0 Å². The fraction of sp³-hybridized carbons (Fsp3) is 0.214. The SMILES string of the molecule is CCOc1cc(/C=C(/C#N)C(=O)N[C@@H](C)c2ccccc2)cc(I)c1OCc1cccc(C)c1. The van der Waals surface area contributed by atoms with Crippen LogP contribution in [0.2, 0.25) is 0 Å². The molecule has 174 valence electrons. The van der Waals surface area contributed by atoms with Crippen LogP contribution in [-0.2, 0) is 11.4 Å². The quantitative estimate of drug-likeness (QED) is 0.186. The minimum atomic E-state index is -0.424. The molecule has 0 saturated heterocycles. The van der Waals surface area contributed by atoms with Gasteiger partial charge in [0.15, 0.2) is 11.5 Å². The van der Waals surface area contributed by atoms with E-state index in [0.29, 0.717) is 30.3 Å². The van der Waals surface area contributed by atoms with Crippen LogP contribution in [-0.4, -0.2) is 12.5 Å². The first-order valence-electron chi connectivity index (χ1n) is 11.0. The molecule has 0 spiro atoms. The Bertz CT molecular complexity index is 1220. The van der Waals surface area contributed by atoms with Gasteiger partial charge in [-0.3, -0.25) is 4.79 Å². The van der Waals surface area contributed by atoms with Crippen LogP contribution in [0.25, 0.3) is 6.08 Å². The molecule has 0 bridgehead atoms. The minimum Gasteiger partial charge on any atom is -0.490 e. The first-order chi connectivity index (χ1) is 16.4. The molecule has 34 heavy (non-hydrogen) atoms. The number of hydrogen-bond acceptors (Lipinski definition) is 4. The molecule has 0 heterocycles. The van der Waals surface area contributed by atoms with Crippen molar-refractivity contribution in [1.29, 1.82) is 5.26 Å². The Morgan fingerprint density at radius 2 is 1.88 bits per heavy atom. The maximum absolute atomic E-state index is 12.8. The van der Waals surface area contributed by atoms with Crippen LogP contribution in [0.1, 0.15) is 42.1 Å². The molecule has 3 aromatic rings. The first kappa shape index (κ1) is 25.3. The Morgan fingerprint density at radius 1 is 1.12 bits per heavy atom. The van der Waals surface area contributed by atoms with Crippen LogP contribution in [0.4, 0.5) is 0 Å². The van der Waals surface area contributed by atoms with Crippen molar-refractivity contribution < 1.29 is 14.3 Å². The zero-order valence-electron chi connectivity index (χ0n) is 19.5. The van der Waals surface area contributed by atoms with Crippen LogP contribution in [0.5, 0.6) is 11.5 Å². The topological polar surface area (TPSA) is 71.3 Å². The lowest BCUT2D eigenvalue weighted by Gasteiger charge is -2.16. The lowest BCUT2D eigenvalue weighted by molar-refractivity contribution is -0.117. The second kappa shape index (κ2) is 12.2. The number of amides is 1. The van der Waals surface area contributed by atoms with E-state index in [2.05, 4.69) is 34.0 Å². The average molecular weight is 566 g/mol. The van der Waals surface area contributed by atoms with Crippen molar-refractivity contribution in [2.45, 2.75) is 33.4 Å². The Labute approximate surface area is 214 Å². The average Bonchev–Trinajstić information content (AvgIpc) is 2.82. The highest BCUT2D eigenvalue weighted by Gasteiger charge is 2.16. The fourth-order valence-electron chi connectivity index (χ4n) is 3.45. The van der Waals surface area contributed by atoms with Crippen LogP contribution in [0, 0.1) is 21.8 Å². The fourth-order valence-corrected chi connectivity index (χ4v) is 4.23. The van der Waals surface area contributed by atoms with Crippen molar-refractivity contribution in [2.75, 3.05) is 6.61 Å². The van der Waals surface area contributed by atoms with E-state index in [1.165, 1.54) is 5.56 Å². The van der Waals surface area contributed by atoms with Crippen molar-refractivity contribution in [3.8, 4) is 17.6 Å². The number of carbonyl (C=O) groups excluding carboxylic acids is 1. The summed E-state index contributed by atoms with van der Waals surface area (Å²) >= 11 is 2.19. The third-order valence-corrected chi connectivity index (χ3v) is 5.92. The number of nitrogens with zero attached hydrogens (tertiary/aromatic N) is 1. The van der Waals surface area contributed by atoms with Gasteiger partial charge in [-0.05, 0) is 78.3 Å². The molecule has 5 nitrogen and oxygen atoms in total. The molecule has 3 aromatic carbocycles. The summed E-state index contributed by atoms with van der Waals surface area (Å²) in [5.41, 5.74) is 3.92. The molecule has 3 rings (SSSR count). The van der Waals surface area contributed by atoms with Crippen molar-refractivity contribution in [3.05, 3.63) is 98.1 Å². The molecule has 0 aromatic heterocycles. The highest BCUT2D eigenvalue weighted by atomic mass is 127. The van der Waals surface area contributed by atoms with Gasteiger partial charge in [-0.1, -0.05) is 60.2 Å². The van der Waals surface area contributed by atoms with Gasteiger partial charge in [0.2, 0.25) is 0 Å². The summed E-state index contributed by atoms with van der Waals surface area (Å²) in [5, 5.41) is 12.5. The lowest BCUT2D eigenvalue weighted by Crippen LogP contribution is -2.27. The summed E-state index contributed by atoms with van der Waals surface area (Å²) in [6, 6.07) is 23.2. The molecule has 0 saturated carbocycles. The van der Waals surface area contributed by atoms with E-state index in [0.717, 1.165) is 14.7 Å². The van der Waals surface area contributed by atoms with E-state index < -0.39 is 5.91 Å². The summed E-state index contributed by atoms with van der Waals surface area (Å²) in [5.74, 6) is 0.789. The first-order valence-corrected chi connectivity index (χ1v) is 12.1. The zero-order valence-corrected chi connectivity index (χ0v) is 21.6. The van der Waals surface area contributed by atoms with Crippen LogP contribution in [0.15, 0.2) is 72.3 Å². The molecule has 6 heteroatoms. The molecular formula is C28H27IN2O3. The molecule has 0 aliphatic heterocycles. The number of nitriles is 1. The predicted octanol–water partition coefficient (Wildman–Crippen LogP) is 6.36. The normalized spacial score (nSPS) is 11.9. The van der Waals surface area contributed by atoms with Gasteiger partial charge in [-0.15, -0.1) is 0 Å². The third-order valence-electron chi connectivity index (χ3n) is 5.12. The molecule has 0 aliphatic rings. The third kappa shape index (κ3) is 6.84. The van der Waals surface area contributed by atoms with E-state index in [4.69, 9.17) is 9.47 Å². The number of hydrogen-bond donors (Lipinski definition) is 1. The van der Waals surface area contributed by atoms with Gasteiger partial charge in [-0.25, -0.2) is 0 Å². The Hall–Kier alpha value is -3.31. The van der Waals surface area contributed by atoms with Gasteiger partial charge in [-0.2, -0.15) is 5.26 Å². The van der Waals surface area contributed by atoms with Crippen LogP contribution < -0.4 is 14.8 Å². The zero-order chi connectivity index (χ0) is 24.5. The van der Waals surface area contributed by atoms with Crippen molar-refractivity contribution in [3.63, 3.8) is 0 Å². The molecule has 1 atom stereocenters. The van der Waals surface area contributed by atoms with Crippen molar-refractivity contribution in [1.82, 2.24) is 5.32 Å². The molecule has 0 aliphatic carbocycles. The molecule has 1 N–H and O–H groups in total. The summed E-state index contributed by atoms with van der Waals surface area (Å²) < 4.78 is 12.8. The highest BCUT2D eigenvalue weighted by molar-refractivity contribution is 14.1. The standard InChI is InChI=1S/C28H27IN2O3/c1-4-33-26-16-22(15-25(29)27(26)34-18-21-10-8-9-19(2)13-21)14-24(17-30)28(32)31-20(3)23-11-6-5-7-12-23/h5-16,20H,4,18H2,1-3H3,(H,31,32)/b24-14-/t20-/m0/s1. The number of aryl methyl sites for hydroxylation is 1. The molecule has 0 fully saturated rings. The molecular weight excluding hydrogens is 539 g/mol. The number of halogens is 1. The van der Waals surface area contributed by atoms with Crippen LogP contribution in [0.3, 0.4) is 0 Å². The van der Waals surface area contributed by atoms with E-state index in [1.807, 2.05) is 81.4 Å². The molecule has 1 amide bonds. The van der Waals surface area contributed by atoms with E-state index in [9.17, 15) is 10.1 Å². The minimum absolute atomic E-state index is 0.0226. The van der Waals surface area contributed by atoms with E-state index >= 15 is 0 Å². The molecule has 0 radical (unpaired) electrons. The smallest absolute Gasteiger partial charge is 0.262 e. The number of rotatable bonds is 9. The Balaban J connectivity index is 1.82. The monoisotopic (exact) mass is 566 g/mol. The summed E-state index contributed by atoms with van der Waals surface area (Å²) in [6.07, 6.45) is 1.57. The van der Waals surface area contributed by atoms with Gasteiger partial charge in [0.1, 0.15) is 18.2 Å². The Morgan fingerprint density at radius 3 is 2.56 bits per heavy atom. The van der Waals surface area contributed by atoms with E-state index in [-0.39, 0.29) is 11.6 Å². The summed E-state index contributed by atoms with van der Waals surface area (Å²) in [4.78, 5) is 12.8. The maximum Gasteiger partial charge on any atom is 0.262 e. The second-order valence-electron chi connectivity index (χ2n) is 7.82.